The van der Waals surface area contributed by atoms with Crippen LogP contribution in [0.2, 0.25) is 5.02 Å². The summed E-state index contributed by atoms with van der Waals surface area (Å²) in [5, 5.41) is 3.04. The van der Waals surface area contributed by atoms with Gasteiger partial charge in [0.2, 0.25) is 0 Å². The molecule has 0 unspecified atom stereocenters. The molecule has 0 bridgehead atoms. The van der Waals surface area contributed by atoms with E-state index in [-0.39, 0.29) is 28.3 Å². The number of nitrogens with one attached hydrogen (secondary N) is 1. The molecule has 1 aromatic heterocycles. The highest BCUT2D eigenvalue weighted by Gasteiger charge is 2.36. The lowest BCUT2D eigenvalue weighted by Gasteiger charge is -2.34. The van der Waals surface area contributed by atoms with Gasteiger partial charge in [0.25, 0.3) is 0 Å². The Bertz CT molecular complexity index is 764. The fraction of sp³-hybridized carbons (Fsp3) is 0.412. The number of halogens is 4. The van der Waals surface area contributed by atoms with Crippen molar-refractivity contribution < 1.29 is 17.9 Å². The lowest BCUT2D eigenvalue weighted by atomic mass is 10.0. The van der Waals surface area contributed by atoms with Crippen molar-refractivity contribution >= 4 is 28.8 Å². The largest absolute Gasteiger partial charge is 0.418 e. The zero-order valence-electron chi connectivity index (χ0n) is 14.1. The van der Waals surface area contributed by atoms with E-state index in [4.69, 9.17) is 16.3 Å². The molecule has 0 radical (unpaired) electrons. The van der Waals surface area contributed by atoms with Crippen LogP contribution in [0.15, 0.2) is 30.7 Å². The first-order valence-corrected chi connectivity index (χ1v) is 8.48. The van der Waals surface area contributed by atoms with Crippen LogP contribution >= 0.6 is 11.6 Å². The maximum Gasteiger partial charge on any atom is 0.418 e. The van der Waals surface area contributed by atoms with Crippen LogP contribution in [0.4, 0.5) is 30.4 Å². The molecular weight excluding hydrogens is 369 g/mol. The molecule has 0 saturated carbocycles. The Hall–Kier alpha value is -2.06. The Morgan fingerprint density at radius 1 is 1.27 bits per heavy atom. The fourth-order valence-corrected chi connectivity index (χ4v) is 3.14. The van der Waals surface area contributed by atoms with Gasteiger partial charge < -0.3 is 15.0 Å². The van der Waals surface area contributed by atoms with Crippen LogP contribution in [-0.2, 0) is 10.9 Å². The maximum absolute atomic E-state index is 13.6. The highest BCUT2D eigenvalue weighted by molar-refractivity contribution is 6.32. The zero-order valence-corrected chi connectivity index (χ0v) is 14.8. The summed E-state index contributed by atoms with van der Waals surface area (Å²) in [4.78, 5) is 9.44. The molecule has 1 aliphatic heterocycles. The molecule has 1 aromatic carbocycles. The third-order valence-electron chi connectivity index (χ3n) is 4.35. The van der Waals surface area contributed by atoms with Crippen LogP contribution < -0.4 is 10.2 Å². The number of benzene rings is 1. The molecule has 0 spiro atoms. The van der Waals surface area contributed by atoms with Crippen molar-refractivity contribution in [2.24, 2.45) is 0 Å². The molecule has 0 atom stereocenters. The normalized spacial score (nSPS) is 16.0. The quantitative estimate of drug-likeness (QED) is 0.838. The molecule has 26 heavy (non-hydrogen) atoms. The van der Waals surface area contributed by atoms with Crippen molar-refractivity contribution in [1.29, 1.82) is 0 Å². The molecule has 1 aliphatic rings. The number of rotatable bonds is 4. The lowest BCUT2D eigenvalue weighted by molar-refractivity contribution is -0.137. The predicted octanol–water partition coefficient (Wildman–Crippen LogP) is 4.51. The van der Waals surface area contributed by atoms with Gasteiger partial charge in [0.1, 0.15) is 11.3 Å². The van der Waals surface area contributed by atoms with E-state index >= 15 is 0 Å². The van der Waals surface area contributed by atoms with Crippen molar-refractivity contribution in [3.8, 4) is 0 Å². The predicted molar refractivity (Wildman–Crippen MR) is 94.0 cm³/mol. The first kappa shape index (κ1) is 18.7. The lowest BCUT2D eigenvalue weighted by Crippen LogP contribution is -2.37. The van der Waals surface area contributed by atoms with Gasteiger partial charge in [0, 0.05) is 31.6 Å². The molecule has 0 aliphatic carbocycles. The molecule has 1 saturated heterocycles. The molecule has 0 amide bonds. The molecule has 1 N–H and O–H groups in total. The molecule has 140 valence electrons. The van der Waals surface area contributed by atoms with E-state index in [0.29, 0.717) is 25.9 Å². The third kappa shape index (κ3) is 4.19. The van der Waals surface area contributed by atoms with Gasteiger partial charge in [-0.3, -0.25) is 0 Å². The Balaban J connectivity index is 1.88. The summed E-state index contributed by atoms with van der Waals surface area (Å²) in [5.74, 6) is 0.253. The molecule has 3 rings (SSSR count). The van der Waals surface area contributed by atoms with E-state index in [0.717, 1.165) is 6.07 Å². The summed E-state index contributed by atoms with van der Waals surface area (Å²) in [6.45, 7) is 1.04. The Kier molecular flexibility index (Phi) is 5.52. The standard InChI is InChI=1S/C17H18ClF3N4O/c1-26-12-4-6-25(7-5-12)15-3-2-11(8-13(15)17(19,20)21)24-16-14(18)9-22-10-23-16/h2-3,8-10,12H,4-7H2,1H3,(H,22,23,24). The molecule has 9 heteroatoms. The minimum absolute atomic E-state index is 0.0985. The molecule has 1 fully saturated rings. The van der Waals surface area contributed by atoms with E-state index in [1.54, 1.807) is 18.1 Å². The van der Waals surface area contributed by atoms with Crippen molar-refractivity contribution in [2.45, 2.75) is 25.1 Å². The van der Waals surface area contributed by atoms with Gasteiger partial charge in [-0.15, -0.1) is 0 Å². The van der Waals surface area contributed by atoms with Gasteiger partial charge in [-0.1, -0.05) is 11.6 Å². The second-order valence-corrected chi connectivity index (χ2v) is 6.40. The SMILES string of the molecule is COC1CCN(c2ccc(Nc3ncncc3Cl)cc2C(F)(F)F)CC1. The number of nitrogens with zero attached hydrogens (tertiary/aromatic N) is 3. The number of piperidine rings is 1. The smallest absolute Gasteiger partial charge is 0.381 e. The highest BCUT2D eigenvalue weighted by atomic mass is 35.5. The maximum atomic E-state index is 13.6. The number of anilines is 3. The summed E-state index contributed by atoms with van der Waals surface area (Å²) in [6.07, 6.45) is -0.334. The second kappa shape index (κ2) is 7.67. The third-order valence-corrected chi connectivity index (χ3v) is 4.62. The monoisotopic (exact) mass is 386 g/mol. The van der Waals surface area contributed by atoms with Crippen LogP contribution in [0, 0.1) is 0 Å². The molecular formula is C17H18ClF3N4O. The fourth-order valence-electron chi connectivity index (χ4n) is 2.99. The van der Waals surface area contributed by atoms with Gasteiger partial charge in [-0.2, -0.15) is 13.2 Å². The van der Waals surface area contributed by atoms with Gasteiger partial charge >= 0.3 is 6.18 Å². The number of methoxy groups -OCH3 is 1. The Morgan fingerprint density at radius 2 is 2.00 bits per heavy atom. The topological polar surface area (TPSA) is 50.3 Å². The van der Waals surface area contributed by atoms with Crippen molar-refractivity contribution in [3.05, 3.63) is 41.3 Å². The number of ether oxygens (including phenoxy) is 1. The van der Waals surface area contributed by atoms with Gasteiger partial charge in [0.05, 0.1) is 17.9 Å². The van der Waals surface area contributed by atoms with Crippen LogP contribution in [0.5, 0.6) is 0 Å². The average molecular weight is 387 g/mol. The van der Waals surface area contributed by atoms with Crippen LogP contribution in [0.1, 0.15) is 18.4 Å². The van der Waals surface area contributed by atoms with Gasteiger partial charge in [0.15, 0.2) is 5.82 Å². The van der Waals surface area contributed by atoms with Gasteiger partial charge in [-0.25, -0.2) is 9.97 Å². The van der Waals surface area contributed by atoms with E-state index in [1.807, 2.05) is 0 Å². The van der Waals surface area contributed by atoms with Gasteiger partial charge in [-0.05, 0) is 31.0 Å². The van der Waals surface area contributed by atoms with E-state index in [1.165, 1.54) is 18.6 Å². The van der Waals surface area contributed by atoms with E-state index in [9.17, 15) is 13.2 Å². The van der Waals surface area contributed by atoms with Crippen molar-refractivity contribution in [3.63, 3.8) is 0 Å². The average Bonchev–Trinajstić information content (AvgIpc) is 2.63. The summed E-state index contributed by atoms with van der Waals surface area (Å²) in [6, 6.07) is 4.15. The molecule has 2 heterocycles. The van der Waals surface area contributed by atoms with Crippen molar-refractivity contribution in [1.82, 2.24) is 9.97 Å². The summed E-state index contributed by atoms with van der Waals surface area (Å²) >= 11 is 5.95. The zero-order chi connectivity index (χ0) is 18.7. The first-order chi connectivity index (χ1) is 12.4. The summed E-state index contributed by atoms with van der Waals surface area (Å²) in [7, 11) is 1.63. The molecule has 2 aromatic rings. The van der Waals surface area contributed by atoms with Crippen LogP contribution in [0.3, 0.4) is 0 Å². The van der Waals surface area contributed by atoms with Crippen molar-refractivity contribution in [2.75, 3.05) is 30.4 Å². The van der Waals surface area contributed by atoms with E-state index in [2.05, 4.69) is 15.3 Å². The Morgan fingerprint density at radius 3 is 2.62 bits per heavy atom. The minimum Gasteiger partial charge on any atom is -0.381 e. The number of hydrogen-bond donors (Lipinski definition) is 1. The number of hydrogen-bond acceptors (Lipinski definition) is 5. The highest BCUT2D eigenvalue weighted by Crippen LogP contribution is 2.39. The molecule has 5 nitrogen and oxygen atoms in total. The Labute approximate surface area is 154 Å². The minimum atomic E-state index is -4.47. The summed E-state index contributed by atoms with van der Waals surface area (Å²) in [5.41, 5.74) is -0.261. The van der Waals surface area contributed by atoms with E-state index < -0.39 is 11.7 Å². The number of aromatic nitrogens is 2. The number of alkyl halides is 3. The van der Waals surface area contributed by atoms with Crippen LogP contribution in [-0.4, -0.2) is 36.3 Å². The summed E-state index contributed by atoms with van der Waals surface area (Å²) < 4.78 is 46.1. The second-order valence-electron chi connectivity index (χ2n) is 6.00. The first-order valence-electron chi connectivity index (χ1n) is 8.10. The van der Waals surface area contributed by atoms with Crippen LogP contribution in [0.25, 0.3) is 0 Å².